The van der Waals surface area contributed by atoms with Crippen LogP contribution >= 0.6 is 11.6 Å². The molecule has 1 amide bonds. The molecule has 0 radical (unpaired) electrons. The zero-order chi connectivity index (χ0) is 15.2. The predicted molar refractivity (Wildman–Crippen MR) is 81.7 cm³/mol. The van der Waals surface area contributed by atoms with Gasteiger partial charge in [-0.25, -0.2) is 4.98 Å². The number of hydrogen-bond donors (Lipinski definition) is 2. The molecule has 1 aromatic heterocycles. The molecular weight excluding hydrogens is 290 g/mol. The second-order valence-electron chi connectivity index (χ2n) is 4.52. The Labute approximate surface area is 127 Å². The highest BCUT2D eigenvalue weighted by atomic mass is 35.5. The Bertz CT molecular complexity index is 606. The van der Waals surface area contributed by atoms with Crippen molar-refractivity contribution in [3.8, 4) is 5.88 Å². The fraction of sp³-hybridized carbons (Fsp3) is 0.200. The van der Waals surface area contributed by atoms with E-state index in [0.29, 0.717) is 28.8 Å². The molecule has 0 fully saturated rings. The van der Waals surface area contributed by atoms with Crippen molar-refractivity contribution in [3.63, 3.8) is 0 Å². The molecule has 0 saturated carbocycles. The monoisotopic (exact) mass is 305 g/mol. The third-order valence-corrected chi connectivity index (χ3v) is 3.25. The molecule has 5 nitrogen and oxygen atoms in total. The number of aromatic nitrogens is 1. The summed E-state index contributed by atoms with van der Waals surface area (Å²) in [5.41, 5.74) is 11.0. The Hall–Kier alpha value is -2.11. The van der Waals surface area contributed by atoms with Crippen molar-refractivity contribution in [2.24, 2.45) is 17.4 Å². The smallest absolute Gasteiger partial charge is 0.250 e. The topological polar surface area (TPSA) is 91.2 Å². The summed E-state index contributed by atoms with van der Waals surface area (Å²) in [5, 5.41) is 0.499. The Morgan fingerprint density at radius 2 is 2.24 bits per heavy atom. The second-order valence-corrected chi connectivity index (χ2v) is 4.93. The van der Waals surface area contributed by atoms with Gasteiger partial charge < -0.3 is 16.2 Å². The molecule has 4 N–H and O–H groups in total. The van der Waals surface area contributed by atoms with Gasteiger partial charge in [-0.3, -0.25) is 4.79 Å². The van der Waals surface area contributed by atoms with Crippen LogP contribution in [0.1, 0.15) is 16.8 Å². The van der Waals surface area contributed by atoms with Crippen molar-refractivity contribution in [2.75, 3.05) is 6.54 Å². The van der Waals surface area contributed by atoms with Gasteiger partial charge in [0.05, 0.1) is 10.6 Å². The molecule has 0 bridgehead atoms. The first-order valence-electron chi connectivity index (χ1n) is 6.50. The van der Waals surface area contributed by atoms with Crippen molar-refractivity contribution in [3.05, 3.63) is 59.0 Å². The summed E-state index contributed by atoms with van der Waals surface area (Å²) in [5.74, 6) is 0.480. The highest BCUT2D eigenvalue weighted by Gasteiger charge is 2.12. The number of ether oxygens (including phenoxy) is 1. The summed E-state index contributed by atoms with van der Waals surface area (Å²) in [6.45, 7) is 0.585. The molecule has 1 aliphatic carbocycles. The van der Waals surface area contributed by atoms with E-state index in [9.17, 15) is 4.79 Å². The maximum atomic E-state index is 11.0. The minimum atomic E-state index is -0.534. The molecule has 0 aliphatic heterocycles. The van der Waals surface area contributed by atoms with Crippen molar-refractivity contribution in [2.45, 2.75) is 6.42 Å². The Morgan fingerprint density at radius 3 is 2.86 bits per heavy atom. The molecule has 21 heavy (non-hydrogen) atoms. The van der Waals surface area contributed by atoms with E-state index in [1.165, 1.54) is 6.20 Å². The lowest BCUT2D eigenvalue weighted by Gasteiger charge is -2.09. The summed E-state index contributed by atoms with van der Waals surface area (Å²) in [6, 6.07) is 3.11. The van der Waals surface area contributed by atoms with Gasteiger partial charge in [0, 0.05) is 12.3 Å². The molecule has 0 aromatic carbocycles. The van der Waals surface area contributed by atoms with Gasteiger partial charge in [0.25, 0.3) is 0 Å². The fourth-order valence-corrected chi connectivity index (χ4v) is 2.11. The highest BCUT2D eigenvalue weighted by Crippen LogP contribution is 2.25. The molecule has 110 valence electrons. The quantitative estimate of drug-likeness (QED) is 0.871. The molecule has 2 rings (SSSR count). The van der Waals surface area contributed by atoms with Gasteiger partial charge in [0.1, 0.15) is 5.76 Å². The van der Waals surface area contributed by atoms with Crippen LogP contribution in [-0.2, 0) is 0 Å². The highest BCUT2D eigenvalue weighted by molar-refractivity contribution is 6.31. The molecule has 0 saturated heterocycles. The van der Waals surface area contributed by atoms with Crippen molar-refractivity contribution >= 4 is 17.5 Å². The van der Waals surface area contributed by atoms with Crippen LogP contribution in [0.3, 0.4) is 0 Å². The zero-order valence-corrected chi connectivity index (χ0v) is 12.1. The Balaban J connectivity index is 2.12. The SMILES string of the molecule is NCCC1C=CC=C(Oc2ccc(C(N)=O)cn2)C(Cl)=C1. The number of allylic oxidation sites excluding steroid dienone is 5. The zero-order valence-electron chi connectivity index (χ0n) is 11.3. The number of carbonyl (C=O) groups is 1. The van der Waals surface area contributed by atoms with Crippen LogP contribution in [0, 0.1) is 5.92 Å². The number of halogens is 1. The van der Waals surface area contributed by atoms with Gasteiger partial charge in [-0.2, -0.15) is 0 Å². The number of amides is 1. The van der Waals surface area contributed by atoms with Crippen molar-refractivity contribution in [1.29, 1.82) is 0 Å². The van der Waals surface area contributed by atoms with Crippen molar-refractivity contribution in [1.82, 2.24) is 4.98 Å². The maximum Gasteiger partial charge on any atom is 0.250 e. The molecule has 6 heteroatoms. The van der Waals surface area contributed by atoms with Crippen molar-refractivity contribution < 1.29 is 9.53 Å². The predicted octanol–water partition coefficient (Wildman–Crippen LogP) is 2.10. The van der Waals surface area contributed by atoms with Gasteiger partial charge in [-0.05, 0) is 31.0 Å². The van der Waals surface area contributed by atoms with Crippen LogP contribution < -0.4 is 16.2 Å². The first-order chi connectivity index (χ1) is 10.1. The normalized spacial score (nSPS) is 17.7. The van der Waals surface area contributed by atoms with Crippen LogP contribution in [0.2, 0.25) is 0 Å². The third-order valence-electron chi connectivity index (χ3n) is 2.94. The average Bonchev–Trinajstić information content (AvgIpc) is 2.62. The number of nitrogens with two attached hydrogens (primary N) is 2. The van der Waals surface area contributed by atoms with E-state index >= 15 is 0 Å². The summed E-state index contributed by atoms with van der Waals surface area (Å²) in [4.78, 5) is 15.0. The van der Waals surface area contributed by atoms with Gasteiger partial charge in [0.15, 0.2) is 0 Å². The van der Waals surface area contributed by atoms with E-state index in [4.69, 9.17) is 27.8 Å². The number of carbonyl (C=O) groups excluding carboxylic acids is 1. The lowest BCUT2D eigenvalue weighted by molar-refractivity contribution is 0.1000. The van der Waals surface area contributed by atoms with Gasteiger partial charge in [0.2, 0.25) is 11.8 Å². The molecule has 1 aromatic rings. The summed E-state index contributed by atoms with van der Waals surface area (Å²) >= 11 is 6.23. The first-order valence-corrected chi connectivity index (χ1v) is 6.88. The number of hydrogen-bond acceptors (Lipinski definition) is 4. The first kappa shape index (κ1) is 15.3. The van der Waals surface area contributed by atoms with Crippen LogP contribution in [0.15, 0.2) is 53.4 Å². The number of primary amides is 1. The minimum absolute atomic E-state index is 0.185. The fourth-order valence-electron chi connectivity index (χ4n) is 1.84. The average molecular weight is 306 g/mol. The minimum Gasteiger partial charge on any atom is -0.437 e. The molecule has 1 heterocycles. The molecule has 1 aliphatic rings. The number of pyridine rings is 1. The second kappa shape index (κ2) is 7.06. The van der Waals surface area contributed by atoms with Crippen LogP contribution in [0.25, 0.3) is 0 Å². The lowest BCUT2D eigenvalue weighted by Crippen LogP contribution is -2.11. The standard InChI is InChI=1S/C15H16ClN3O2/c16-12-8-10(6-7-17)2-1-3-13(12)21-14-5-4-11(9-19-14)15(18)20/h1-5,8-10H,6-7,17H2,(H2,18,20). The van der Waals surface area contributed by atoms with E-state index in [2.05, 4.69) is 4.98 Å². The van der Waals surface area contributed by atoms with E-state index in [-0.39, 0.29) is 5.92 Å². The molecule has 0 spiro atoms. The Morgan fingerprint density at radius 1 is 1.43 bits per heavy atom. The summed E-state index contributed by atoms with van der Waals surface area (Å²) in [6.07, 6.45) is 9.72. The summed E-state index contributed by atoms with van der Waals surface area (Å²) in [7, 11) is 0. The van der Waals surface area contributed by atoms with Crippen LogP contribution in [0.5, 0.6) is 5.88 Å². The molecule has 1 atom stereocenters. The summed E-state index contributed by atoms with van der Waals surface area (Å²) < 4.78 is 5.62. The van der Waals surface area contributed by atoms with E-state index in [1.807, 2.05) is 18.2 Å². The third kappa shape index (κ3) is 4.18. The van der Waals surface area contributed by atoms with E-state index in [0.717, 1.165) is 6.42 Å². The Kier molecular flexibility index (Phi) is 5.14. The van der Waals surface area contributed by atoms with Gasteiger partial charge in [-0.15, -0.1) is 0 Å². The van der Waals surface area contributed by atoms with Gasteiger partial charge in [-0.1, -0.05) is 29.8 Å². The molecule has 1 unspecified atom stereocenters. The maximum absolute atomic E-state index is 11.0. The van der Waals surface area contributed by atoms with E-state index in [1.54, 1.807) is 18.2 Å². The molecular formula is C15H16ClN3O2. The van der Waals surface area contributed by atoms with Crippen LogP contribution in [0.4, 0.5) is 0 Å². The lowest BCUT2D eigenvalue weighted by atomic mass is 10.1. The number of nitrogens with zero attached hydrogens (tertiary/aromatic N) is 1. The van der Waals surface area contributed by atoms with Crippen LogP contribution in [-0.4, -0.2) is 17.4 Å². The van der Waals surface area contributed by atoms with Gasteiger partial charge >= 0.3 is 0 Å². The number of rotatable bonds is 5. The van der Waals surface area contributed by atoms with E-state index < -0.39 is 5.91 Å². The largest absolute Gasteiger partial charge is 0.437 e.